The third-order valence-corrected chi connectivity index (χ3v) is 1.35. The normalized spacial score (nSPS) is 16.6. The molecule has 1 aliphatic rings. The van der Waals surface area contributed by atoms with Gasteiger partial charge in [-0.2, -0.15) is 0 Å². The van der Waals surface area contributed by atoms with Crippen molar-refractivity contribution >= 4 is 11.9 Å². The Labute approximate surface area is 71.9 Å². The van der Waals surface area contributed by atoms with Gasteiger partial charge in [-0.3, -0.25) is 9.98 Å². The molecule has 1 rings (SSSR count). The van der Waals surface area contributed by atoms with Crippen LogP contribution in [0, 0.1) is 0 Å². The monoisotopic (exact) mass is 164 g/mol. The fourth-order valence-electron chi connectivity index (χ4n) is 0.804. The van der Waals surface area contributed by atoms with E-state index in [1.807, 2.05) is 24.3 Å². The Morgan fingerprint density at radius 1 is 1.58 bits per heavy atom. The minimum Gasteiger partial charge on any atom is -0.394 e. The first-order valence-corrected chi connectivity index (χ1v) is 3.92. The third kappa shape index (κ3) is 3.25. The average molecular weight is 164 g/mol. The molecule has 0 aromatic carbocycles. The van der Waals surface area contributed by atoms with E-state index in [1.54, 1.807) is 6.21 Å². The van der Waals surface area contributed by atoms with Crippen molar-refractivity contribution in [2.45, 2.75) is 0 Å². The average Bonchev–Trinajstić information content (AvgIpc) is 2.33. The number of nitrogens with zero attached hydrogens (tertiary/aromatic N) is 2. The molecule has 0 atom stereocenters. The summed E-state index contributed by atoms with van der Waals surface area (Å²) in [6.45, 7) is 1.24. The number of rotatable bonds is 3. The largest absolute Gasteiger partial charge is 0.394 e. The summed E-state index contributed by atoms with van der Waals surface area (Å²) >= 11 is 0. The second-order valence-electron chi connectivity index (χ2n) is 2.31. The maximum Gasteiger partial charge on any atom is 0.0756 e. The molecule has 0 aliphatic carbocycles. The van der Waals surface area contributed by atoms with Crippen LogP contribution in [-0.4, -0.2) is 36.7 Å². The summed E-state index contributed by atoms with van der Waals surface area (Å²) in [7, 11) is 0. The van der Waals surface area contributed by atoms with Gasteiger partial charge in [0.1, 0.15) is 0 Å². The number of aliphatic hydroxyl groups excluding tert-OH is 1. The first-order valence-electron chi connectivity index (χ1n) is 3.92. The summed E-state index contributed by atoms with van der Waals surface area (Å²) < 4.78 is 0. The van der Waals surface area contributed by atoms with Crippen molar-refractivity contribution in [3.63, 3.8) is 0 Å². The minimum atomic E-state index is 0.0890. The molecule has 0 aromatic rings. The maximum absolute atomic E-state index is 8.47. The number of aliphatic imine (C=N–C) groups is 2. The first-order chi connectivity index (χ1) is 5.93. The van der Waals surface area contributed by atoms with E-state index in [-0.39, 0.29) is 6.61 Å². The van der Waals surface area contributed by atoms with Crippen LogP contribution in [0.5, 0.6) is 0 Å². The van der Waals surface area contributed by atoms with E-state index in [4.69, 9.17) is 5.11 Å². The Morgan fingerprint density at radius 3 is 3.33 bits per heavy atom. The highest BCUT2D eigenvalue weighted by molar-refractivity contribution is 6.36. The van der Waals surface area contributed by atoms with Crippen LogP contribution in [0.4, 0.5) is 0 Å². The van der Waals surface area contributed by atoms with Gasteiger partial charge in [-0.25, -0.2) is 0 Å². The Hall–Kier alpha value is -1.22. The molecular formula is C9H12N2O. The lowest BCUT2D eigenvalue weighted by atomic mass is 10.3. The molecule has 0 unspecified atom stereocenters. The molecule has 3 nitrogen and oxygen atoms in total. The molecule has 1 aliphatic heterocycles. The smallest absolute Gasteiger partial charge is 0.0756 e. The van der Waals surface area contributed by atoms with Gasteiger partial charge < -0.3 is 5.11 Å². The van der Waals surface area contributed by atoms with Gasteiger partial charge in [-0.1, -0.05) is 18.2 Å². The van der Waals surface area contributed by atoms with E-state index in [1.165, 1.54) is 0 Å². The van der Waals surface area contributed by atoms with Crippen molar-refractivity contribution in [3.05, 3.63) is 24.3 Å². The highest BCUT2D eigenvalue weighted by Gasteiger charge is 1.89. The molecule has 0 saturated heterocycles. The number of hydrogen-bond acceptors (Lipinski definition) is 3. The first kappa shape index (κ1) is 8.87. The van der Waals surface area contributed by atoms with Gasteiger partial charge in [-0.15, -0.1) is 0 Å². The zero-order valence-electron chi connectivity index (χ0n) is 6.85. The van der Waals surface area contributed by atoms with Gasteiger partial charge in [0.15, 0.2) is 0 Å². The van der Waals surface area contributed by atoms with Crippen LogP contribution in [0.3, 0.4) is 0 Å². The molecule has 0 fully saturated rings. The van der Waals surface area contributed by atoms with Gasteiger partial charge in [-0.05, 0) is 6.08 Å². The van der Waals surface area contributed by atoms with Crippen molar-refractivity contribution in [1.82, 2.24) is 0 Å². The van der Waals surface area contributed by atoms with Crippen molar-refractivity contribution in [2.24, 2.45) is 9.98 Å². The second kappa shape index (κ2) is 5.43. The van der Waals surface area contributed by atoms with Crippen LogP contribution in [-0.2, 0) is 0 Å². The summed E-state index contributed by atoms with van der Waals surface area (Å²) in [6.07, 6.45) is 9.43. The van der Waals surface area contributed by atoms with Crippen LogP contribution >= 0.6 is 0 Å². The standard InChI is InChI=1S/C9H12N2O/c12-7-6-10-8-9-4-2-1-3-5-11-9/h1-4,8,12H,5-7H2. The zero-order valence-corrected chi connectivity index (χ0v) is 6.85. The third-order valence-electron chi connectivity index (χ3n) is 1.35. The summed E-state index contributed by atoms with van der Waals surface area (Å²) in [5.41, 5.74) is 0.855. The molecule has 0 aromatic heterocycles. The minimum absolute atomic E-state index is 0.0890. The van der Waals surface area contributed by atoms with E-state index in [2.05, 4.69) is 9.98 Å². The molecule has 3 heteroatoms. The van der Waals surface area contributed by atoms with Gasteiger partial charge in [0.2, 0.25) is 0 Å². The van der Waals surface area contributed by atoms with Gasteiger partial charge in [0.05, 0.1) is 25.4 Å². The Bertz CT molecular complexity index is 239. The summed E-state index contributed by atoms with van der Waals surface area (Å²) in [5, 5.41) is 8.47. The summed E-state index contributed by atoms with van der Waals surface area (Å²) in [5.74, 6) is 0. The predicted molar refractivity (Wildman–Crippen MR) is 51.0 cm³/mol. The number of hydrogen-bond donors (Lipinski definition) is 1. The fourth-order valence-corrected chi connectivity index (χ4v) is 0.804. The molecule has 64 valence electrons. The number of aliphatic hydroxyl groups is 1. The van der Waals surface area contributed by atoms with Crippen LogP contribution in [0.2, 0.25) is 0 Å². The molecule has 0 amide bonds. The van der Waals surface area contributed by atoms with E-state index in [0.29, 0.717) is 13.1 Å². The molecule has 0 bridgehead atoms. The molecule has 1 heterocycles. The topological polar surface area (TPSA) is 45.0 Å². The van der Waals surface area contributed by atoms with Crippen molar-refractivity contribution < 1.29 is 5.11 Å². The van der Waals surface area contributed by atoms with Gasteiger partial charge >= 0.3 is 0 Å². The Kier molecular flexibility index (Phi) is 4.02. The lowest BCUT2D eigenvalue weighted by molar-refractivity contribution is 0.307. The Balaban J connectivity index is 2.46. The highest BCUT2D eigenvalue weighted by atomic mass is 16.3. The second-order valence-corrected chi connectivity index (χ2v) is 2.31. The zero-order chi connectivity index (χ0) is 8.65. The van der Waals surface area contributed by atoms with Crippen molar-refractivity contribution in [3.8, 4) is 0 Å². The molecule has 1 N–H and O–H groups in total. The van der Waals surface area contributed by atoms with Crippen LogP contribution in [0.25, 0.3) is 0 Å². The van der Waals surface area contributed by atoms with E-state index >= 15 is 0 Å². The molecule has 0 spiro atoms. The SMILES string of the molecule is OCCN=CC1=NCC=CC=C1. The van der Waals surface area contributed by atoms with E-state index in [0.717, 1.165) is 5.71 Å². The van der Waals surface area contributed by atoms with Gasteiger partial charge in [0.25, 0.3) is 0 Å². The quantitative estimate of drug-likeness (QED) is 0.610. The van der Waals surface area contributed by atoms with Crippen molar-refractivity contribution in [1.29, 1.82) is 0 Å². The lowest BCUT2D eigenvalue weighted by Gasteiger charge is -1.89. The molecule has 12 heavy (non-hydrogen) atoms. The fraction of sp³-hybridized carbons (Fsp3) is 0.333. The van der Waals surface area contributed by atoms with Crippen LogP contribution < -0.4 is 0 Å². The predicted octanol–water partition coefficient (Wildman–Crippen LogP) is 0.616. The molecule has 0 radical (unpaired) electrons. The summed E-state index contributed by atoms with van der Waals surface area (Å²) in [6, 6.07) is 0. The van der Waals surface area contributed by atoms with Crippen molar-refractivity contribution in [2.75, 3.05) is 19.7 Å². The van der Waals surface area contributed by atoms with Gasteiger partial charge in [0, 0.05) is 6.21 Å². The van der Waals surface area contributed by atoms with Crippen LogP contribution in [0.1, 0.15) is 0 Å². The van der Waals surface area contributed by atoms with E-state index < -0.39 is 0 Å². The molecular weight excluding hydrogens is 152 g/mol. The highest BCUT2D eigenvalue weighted by Crippen LogP contribution is 1.89. The Morgan fingerprint density at radius 2 is 2.50 bits per heavy atom. The molecule has 0 saturated carbocycles. The maximum atomic E-state index is 8.47. The van der Waals surface area contributed by atoms with E-state index in [9.17, 15) is 0 Å². The summed E-state index contributed by atoms with van der Waals surface area (Å²) in [4.78, 5) is 8.18. The lowest BCUT2D eigenvalue weighted by Crippen LogP contribution is -1.98. The van der Waals surface area contributed by atoms with Crippen LogP contribution in [0.15, 0.2) is 34.3 Å². The number of allylic oxidation sites excluding steroid dienone is 3.